The highest BCUT2D eigenvalue weighted by molar-refractivity contribution is 7.16. The number of anilines is 1. The van der Waals surface area contributed by atoms with Crippen molar-refractivity contribution in [2.45, 2.75) is 25.9 Å². The van der Waals surface area contributed by atoms with Crippen LogP contribution in [0.15, 0.2) is 78.4 Å². The van der Waals surface area contributed by atoms with Crippen LogP contribution in [0.5, 0.6) is 0 Å². The number of β-amino-alcohol motifs (C(OH)–C–C–N with tert-alkyl or cyclic N) is 1. The third kappa shape index (κ3) is 6.01. The van der Waals surface area contributed by atoms with Crippen molar-refractivity contribution in [2.24, 2.45) is 5.73 Å². The number of nitrogens with two attached hydrogens (primary N) is 1. The van der Waals surface area contributed by atoms with Gasteiger partial charge in [0.15, 0.2) is 5.13 Å². The summed E-state index contributed by atoms with van der Waals surface area (Å²) in [5.41, 5.74) is 11.3. The van der Waals surface area contributed by atoms with E-state index in [4.69, 9.17) is 10.7 Å². The number of carbonyl (C=O) groups is 1. The fourth-order valence-corrected chi connectivity index (χ4v) is 5.66. The van der Waals surface area contributed by atoms with Gasteiger partial charge >= 0.3 is 0 Å². The molecule has 1 saturated heterocycles. The second-order valence-electron chi connectivity index (χ2n) is 10.0. The van der Waals surface area contributed by atoms with E-state index < -0.39 is 6.10 Å². The van der Waals surface area contributed by atoms with Gasteiger partial charge in [0.25, 0.3) is 0 Å². The third-order valence-electron chi connectivity index (χ3n) is 7.13. The van der Waals surface area contributed by atoms with Gasteiger partial charge in [-0.05, 0) is 47.4 Å². The van der Waals surface area contributed by atoms with E-state index in [1.54, 1.807) is 17.0 Å². The third-order valence-corrected chi connectivity index (χ3v) is 8.17. The Kier molecular flexibility index (Phi) is 8.19. The molecule has 2 aliphatic rings. The highest BCUT2D eigenvalue weighted by Gasteiger charge is 2.28. The van der Waals surface area contributed by atoms with E-state index >= 15 is 0 Å². The largest absolute Gasteiger partial charge is 0.399 e. The molecule has 0 bridgehead atoms. The van der Waals surface area contributed by atoms with Crippen molar-refractivity contribution >= 4 is 27.9 Å². The van der Waals surface area contributed by atoms with Crippen LogP contribution in [-0.2, 0) is 11.2 Å². The van der Waals surface area contributed by atoms with Gasteiger partial charge in [0, 0.05) is 44.1 Å². The number of benzene rings is 2. The predicted molar refractivity (Wildman–Crippen MR) is 159 cm³/mol. The van der Waals surface area contributed by atoms with Gasteiger partial charge in [-0.2, -0.15) is 5.26 Å². The summed E-state index contributed by atoms with van der Waals surface area (Å²) in [5, 5.41) is 19.8. The fourth-order valence-electron chi connectivity index (χ4n) is 4.81. The maximum atomic E-state index is 13.5. The van der Waals surface area contributed by atoms with Crippen LogP contribution in [-0.4, -0.2) is 58.6 Å². The first-order valence-electron chi connectivity index (χ1n) is 13.4. The molecule has 41 heavy (non-hydrogen) atoms. The lowest BCUT2D eigenvalue weighted by Crippen LogP contribution is -2.53. The van der Waals surface area contributed by atoms with Crippen molar-refractivity contribution in [1.82, 2.24) is 14.8 Å². The van der Waals surface area contributed by atoms with E-state index in [0.29, 0.717) is 59.4 Å². The quantitative estimate of drug-likeness (QED) is 0.412. The number of hydrogen-bond donors (Lipinski definition) is 2. The number of nitrogens with zero attached hydrogens (tertiary/aromatic N) is 5. The molecule has 0 spiro atoms. The van der Waals surface area contributed by atoms with Crippen molar-refractivity contribution in [3.63, 3.8) is 0 Å². The Labute approximate surface area is 242 Å². The summed E-state index contributed by atoms with van der Waals surface area (Å²) in [5.74, 6) is 0.428. The maximum Gasteiger partial charge on any atom is 0.227 e. The number of aliphatic hydroxyl groups is 1. The Morgan fingerprint density at radius 1 is 1.20 bits per heavy atom. The topological polar surface area (TPSA) is 110 Å². The fraction of sp³-hybridized carbons (Fsp3) is 0.258. The minimum Gasteiger partial charge on any atom is -0.399 e. The highest BCUT2D eigenvalue weighted by atomic mass is 32.1. The number of aliphatic hydroxyl groups excluding tert-OH is 1. The molecule has 0 radical (unpaired) electrons. The minimum absolute atomic E-state index is 0.0168. The summed E-state index contributed by atoms with van der Waals surface area (Å²) in [6.07, 6.45) is 6.66. The number of allylic oxidation sites excluding steroid dienone is 3. The standard InChI is InChI=1S/C31H31FN6O2S/c1-3-26(34)30(36(2)31-35-29(27(16-33)41-31)22-10-12-24(32)13-11-22)37-14-4-5-23(17-37)21-8-6-20(7-9-21)15-28(40)38-18-25(39)19-38/h4-13,17,25,39H,3,14-15,18-19,34H2,1-2H3/b30-26-. The summed E-state index contributed by atoms with van der Waals surface area (Å²) in [4.78, 5) is 23.2. The first kappa shape index (κ1) is 28.1. The normalized spacial score (nSPS) is 15.6. The number of hydrogen-bond acceptors (Lipinski definition) is 8. The number of halogens is 1. The van der Waals surface area contributed by atoms with Crippen LogP contribution >= 0.6 is 11.3 Å². The van der Waals surface area contributed by atoms with Crippen molar-refractivity contribution < 1.29 is 14.3 Å². The van der Waals surface area contributed by atoms with E-state index in [1.165, 1.54) is 23.5 Å². The first-order valence-corrected chi connectivity index (χ1v) is 14.2. The molecular weight excluding hydrogens is 539 g/mol. The molecule has 0 unspecified atom stereocenters. The second-order valence-corrected chi connectivity index (χ2v) is 11.0. The number of amides is 1. The number of likely N-dealkylation sites (tertiary alicyclic amines) is 1. The summed E-state index contributed by atoms with van der Waals surface area (Å²) in [7, 11) is 1.88. The summed E-state index contributed by atoms with van der Waals surface area (Å²) in [6, 6.07) is 16.1. The van der Waals surface area contributed by atoms with Crippen LogP contribution in [0.4, 0.5) is 9.52 Å². The van der Waals surface area contributed by atoms with Crippen molar-refractivity contribution in [2.75, 3.05) is 31.6 Å². The van der Waals surface area contributed by atoms with E-state index in [0.717, 1.165) is 22.5 Å². The summed E-state index contributed by atoms with van der Waals surface area (Å²) in [6.45, 7) is 3.39. The van der Waals surface area contributed by atoms with Gasteiger partial charge in [-0.15, -0.1) is 0 Å². The smallest absolute Gasteiger partial charge is 0.227 e. The van der Waals surface area contributed by atoms with E-state index in [1.807, 2.05) is 49.3 Å². The molecule has 8 nitrogen and oxygen atoms in total. The number of carbonyl (C=O) groups excluding carboxylic acids is 1. The zero-order chi connectivity index (χ0) is 29.1. The zero-order valence-corrected chi connectivity index (χ0v) is 23.7. The maximum absolute atomic E-state index is 13.5. The van der Waals surface area contributed by atoms with E-state index in [9.17, 15) is 19.6 Å². The Hall–Kier alpha value is -4.46. The van der Waals surface area contributed by atoms with E-state index in [2.05, 4.69) is 23.1 Å². The number of thiazole rings is 1. The van der Waals surface area contributed by atoms with Crippen LogP contribution in [0, 0.1) is 17.1 Å². The molecule has 3 heterocycles. The first-order chi connectivity index (χ1) is 19.8. The van der Waals surface area contributed by atoms with Gasteiger partial charge in [0.2, 0.25) is 5.91 Å². The number of rotatable bonds is 8. The molecule has 0 saturated carbocycles. The zero-order valence-electron chi connectivity index (χ0n) is 22.9. The Morgan fingerprint density at radius 3 is 2.51 bits per heavy atom. The van der Waals surface area contributed by atoms with Crippen LogP contribution in [0.25, 0.3) is 16.8 Å². The van der Waals surface area contributed by atoms with Crippen molar-refractivity contribution in [3.8, 4) is 17.3 Å². The summed E-state index contributed by atoms with van der Waals surface area (Å²) >= 11 is 1.26. The number of nitriles is 1. The number of aromatic nitrogens is 1. The van der Waals surface area contributed by atoms with Gasteiger partial charge in [-0.3, -0.25) is 4.79 Å². The SMILES string of the molecule is CC/C(N)=C(/N1C=C(c2ccc(CC(=O)N3CC(O)C3)cc2)C=CC1)N(C)c1nc(-c2ccc(F)cc2)c(C#N)s1. The molecule has 3 aromatic rings. The molecule has 2 aromatic carbocycles. The molecular formula is C31H31FN6O2S. The second kappa shape index (κ2) is 12.0. The van der Waals surface area contributed by atoms with E-state index in [-0.39, 0.29) is 11.7 Å². The van der Waals surface area contributed by atoms with Gasteiger partial charge < -0.3 is 25.5 Å². The van der Waals surface area contributed by atoms with Crippen molar-refractivity contribution in [3.05, 3.63) is 100 Å². The lowest BCUT2D eigenvalue weighted by atomic mass is 10.0. The van der Waals surface area contributed by atoms with Crippen LogP contribution < -0.4 is 10.6 Å². The molecule has 5 rings (SSSR count). The lowest BCUT2D eigenvalue weighted by Gasteiger charge is -2.36. The van der Waals surface area contributed by atoms with Crippen LogP contribution in [0.1, 0.15) is 29.3 Å². The Bertz CT molecular complexity index is 1560. The molecule has 3 N–H and O–H groups in total. The van der Waals surface area contributed by atoms with Crippen LogP contribution in [0.2, 0.25) is 0 Å². The van der Waals surface area contributed by atoms with Gasteiger partial charge in [-0.25, -0.2) is 9.37 Å². The molecule has 1 aromatic heterocycles. The Balaban J connectivity index is 1.38. The molecule has 0 atom stereocenters. The Morgan fingerprint density at radius 2 is 1.88 bits per heavy atom. The molecule has 1 amide bonds. The summed E-state index contributed by atoms with van der Waals surface area (Å²) < 4.78 is 13.5. The average molecular weight is 571 g/mol. The average Bonchev–Trinajstić information content (AvgIpc) is 3.41. The minimum atomic E-state index is -0.408. The molecule has 0 aliphatic carbocycles. The van der Waals surface area contributed by atoms with Crippen LogP contribution in [0.3, 0.4) is 0 Å². The van der Waals surface area contributed by atoms with Gasteiger partial charge in [-0.1, -0.05) is 54.7 Å². The lowest BCUT2D eigenvalue weighted by molar-refractivity contribution is -0.140. The predicted octanol–water partition coefficient (Wildman–Crippen LogP) is 4.45. The molecule has 10 heteroatoms. The van der Waals surface area contributed by atoms with Crippen molar-refractivity contribution in [1.29, 1.82) is 5.26 Å². The van der Waals surface area contributed by atoms with Gasteiger partial charge in [0.1, 0.15) is 28.3 Å². The molecule has 2 aliphatic heterocycles. The molecule has 1 fully saturated rings. The molecule has 210 valence electrons. The highest BCUT2D eigenvalue weighted by Crippen LogP contribution is 2.35. The van der Waals surface area contributed by atoms with Gasteiger partial charge in [0.05, 0.1) is 12.5 Å². The monoisotopic (exact) mass is 570 g/mol.